The van der Waals surface area contributed by atoms with Crippen LogP contribution in [0.5, 0.6) is 5.75 Å². The van der Waals surface area contributed by atoms with Gasteiger partial charge in [0.15, 0.2) is 0 Å². The van der Waals surface area contributed by atoms with Crippen molar-refractivity contribution in [1.29, 1.82) is 0 Å². The third-order valence-corrected chi connectivity index (χ3v) is 1.50. The molecule has 0 atom stereocenters. The van der Waals surface area contributed by atoms with E-state index in [4.69, 9.17) is 5.11 Å². The van der Waals surface area contributed by atoms with Crippen LogP contribution < -0.4 is 0 Å². The summed E-state index contributed by atoms with van der Waals surface area (Å²) >= 11 is 0. The highest BCUT2D eigenvalue weighted by atomic mass is 19.1. The number of phenolic OH excluding ortho intramolecular Hbond substituents is 1. The number of aromatic hydroxyl groups is 1. The largest absolute Gasteiger partial charge is 0.508 e. The lowest BCUT2D eigenvalue weighted by atomic mass is 10.2. The molecule has 0 heterocycles. The zero-order valence-electron chi connectivity index (χ0n) is 7.67. The Morgan fingerprint density at radius 1 is 1.40 bits per heavy atom. The number of phenols is 1. The van der Waals surface area contributed by atoms with Crippen LogP contribution in [0.15, 0.2) is 12.1 Å². The van der Waals surface area contributed by atoms with Gasteiger partial charge < -0.3 is 9.84 Å². The standard InChI is InChI=1S/C10H6F2O3/c1-15-10(14)3-2-7-8(11)4-6(13)5-9(7)12/h4-5,13H,1H3. The summed E-state index contributed by atoms with van der Waals surface area (Å²) in [5.74, 6) is 0.326. The van der Waals surface area contributed by atoms with E-state index in [1.165, 1.54) is 0 Å². The van der Waals surface area contributed by atoms with E-state index in [9.17, 15) is 13.6 Å². The van der Waals surface area contributed by atoms with E-state index in [0.29, 0.717) is 12.1 Å². The first-order valence-electron chi connectivity index (χ1n) is 3.82. The second kappa shape index (κ2) is 4.42. The third kappa shape index (κ3) is 2.68. The second-order valence-corrected chi connectivity index (χ2v) is 2.53. The minimum absolute atomic E-state index is 0.548. The maximum absolute atomic E-state index is 13.0. The molecule has 0 saturated heterocycles. The van der Waals surface area contributed by atoms with E-state index in [1.807, 2.05) is 11.8 Å². The Morgan fingerprint density at radius 3 is 2.40 bits per heavy atom. The predicted octanol–water partition coefficient (Wildman–Crippen LogP) is 1.19. The Morgan fingerprint density at radius 2 is 1.93 bits per heavy atom. The average Bonchev–Trinajstić information content (AvgIpc) is 2.15. The summed E-state index contributed by atoms with van der Waals surface area (Å²) in [6.45, 7) is 0. The van der Waals surface area contributed by atoms with Crippen LogP contribution in [0.2, 0.25) is 0 Å². The van der Waals surface area contributed by atoms with Crippen LogP contribution in [0.4, 0.5) is 8.78 Å². The number of hydrogen-bond acceptors (Lipinski definition) is 3. The smallest absolute Gasteiger partial charge is 0.384 e. The molecule has 1 aromatic rings. The number of esters is 1. The number of benzene rings is 1. The van der Waals surface area contributed by atoms with Crippen molar-refractivity contribution in [3.63, 3.8) is 0 Å². The van der Waals surface area contributed by atoms with Gasteiger partial charge in [-0.15, -0.1) is 0 Å². The zero-order valence-corrected chi connectivity index (χ0v) is 7.67. The fraction of sp³-hybridized carbons (Fsp3) is 0.100. The van der Waals surface area contributed by atoms with Gasteiger partial charge >= 0.3 is 5.97 Å². The van der Waals surface area contributed by atoms with Gasteiger partial charge in [0.2, 0.25) is 0 Å². The summed E-state index contributed by atoms with van der Waals surface area (Å²) in [6, 6.07) is 1.40. The lowest BCUT2D eigenvalue weighted by molar-refractivity contribution is -0.133. The zero-order chi connectivity index (χ0) is 11.4. The first-order valence-corrected chi connectivity index (χ1v) is 3.82. The molecule has 0 amide bonds. The lowest BCUT2D eigenvalue weighted by Crippen LogP contribution is -1.96. The van der Waals surface area contributed by atoms with Crippen molar-refractivity contribution in [2.24, 2.45) is 0 Å². The summed E-state index contributed by atoms with van der Waals surface area (Å²) in [4.78, 5) is 10.6. The molecule has 15 heavy (non-hydrogen) atoms. The van der Waals surface area contributed by atoms with E-state index in [-0.39, 0.29) is 0 Å². The molecule has 0 aliphatic carbocycles. The van der Waals surface area contributed by atoms with Crippen molar-refractivity contribution in [3.8, 4) is 17.6 Å². The Balaban J connectivity index is 3.14. The van der Waals surface area contributed by atoms with Crippen LogP contribution in [0.3, 0.4) is 0 Å². The number of rotatable bonds is 0. The minimum Gasteiger partial charge on any atom is -0.508 e. The summed E-state index contributed by atoms with van der Waals surface area (Å²) in [5.41, 5.74) is -0.585. The third-order valence-electron chi connectivity index (χ3n) is 1.50. The lowest BCUT2D eigenvalue weighted by Gasteiger charge is -1.97. The van der Waals surface area contributed by atoms with Gasteiger partial charge in [-0.3, -0.25) is 0 Å². The van der Waals surface area contributed by atoms with Gasteiger partial charge in [0.25, 0.3) is 0 Å². The van der Waals surface area contributed by atoms with Crippen LogP contribution >= 0.6 is 0 Å². The summed E-state index contributed by atoms with van der Waals surface area (Å²) < 4.78 is 30.2. The van der Waals surface area contributed by atoms with Gasteiger partial charge in [-0.1, -0.05) is 0 Å². The first-order chi connectivity index (χ1) is 7.04. The van der Waals surface area contributed by atoms with E-state index >= 15 is 0 Å². The highest BCUT2D eigenvalue weighted by Crippen LogP contribution is 2.18. The minimum atomic E-state index is -1.04. The van der Waals surface area contributed by atoms with Crippen LogP contribution in [-0.4, -0.2) is 18.2 Å². The van der Waals surface area contributed by atoms with Crippen molar-refractivity contribution in [2.75, 3.05) is 7.11 Å². The highest BCUT2D eigenvalue weighted by molar-refractivity contribution is 5.89. The summed E-state index contributed by atoms with van der Waals surface area (Å²) in [5, 5.41) is 8.82. The molecule has 0 aliphatic heterocycles. The quantitative estimate of drug-likeness (QED) is 0.519. The monoisotopic (exact) mass is 212 g/mol. The molecule has 0 fully saturated rings. The molecule has 5 heteroatoms. The van der Waals surface area contributed by atoms with Crippen molar-refractivity contribution < 1.29 is 23.4 Å². The molecule has 1 aromatic carbocycles. The van der Waals surface area contributed by atoms with E-state index < -0.39 is 28.9 Å². The van der Waals surface area contributed by atoms with Gasteiger partial charge in [0.05, 0.1) is 12.7 Å². The first kappa shape index (κ1) is 11.0. The fourth-order valence-electron chi connectivity index (χ4n) is 0.844. The molecule has 0 radical (unpaired) electrons. The van der Waals surface area contributed by atoms with Gasteiger partial charge in [-0.2, -0.15) is 0 Å². The molecule has 1 rings (SSSR count). The molecule has 0 saturated carbocycles. The number of carbonyl (C=O) groups is 1. The van der Waals surface area contributed by atoms with Gasteiger partial charge in [0.1, 0.15) is 17.4 Å². The van der Waals surface area contributed by atoms with Crippen LogP contribution in [0.1, 0.15) is 5.56 Å². The summed E-state index contributed by atoms with van der Waals surface area (Å²) in [6.07, 6.45) is 0. The second-order valence-electron chi connectivity index (χ2n) is 2.53. The SMILES string of the molecule is COC(=O)C#Cc1c(F)cc(O)cc1F. The number of hydrogen-bond donors (Lipinski definition) is 1. The molecule has 0 aliphatic rings. The molecule has 0 aromatic heterocycles. The maximum atomic E-state index is 13.0. The average molecular weight is 212 g/mol. The molecule has 3 nitrogen and oxygen atoms in total. The Bertz CT molecular complexity index is 434. The number of halogens is 2. The van der Waals surface area contributed by atoms with Gasteiger partial charge in [-0.05, 0) is 5.92 Å². The van der Waals surface area contributed by atoms with Crippen LogP contribution in [-0.2, 0) is 9.53 Å². The van der Waals surface area contributed by atoms with Crippen molar-refractivity contribution in [3.05, 3.63) is 29.3 Å². The molecular weight excluding hydrogens is 206 g/mol. The Labute approximate surface area is 84.3 Å². The molecule has 78 valence electrons. The van der Waals surface area contributed by atoms with Gasteiger partial charge in [-0.25, -0.2) is 13.6 Å². The highest BCUT2D eigenvalue weighted by Gasteiger charge is 2.08. The van der Waals surface area contributed by atoms with Crippen molar-refractivity contribution in [1.82, 2.24) is 0 Å². The normalized spacial score (nSPS) is 9.00. The fourth-order valence-corrected chi connectivity index (χ4v) is 0.844. The van der Waals surface area contributed by atoms with Gasteiger partial charge in [0, 0.05) is 18.1 Å². The molecule has 1 N–H and O–H groups in total. The topological polar surface area (TPSA) is 46.5 Å². The van der Waals surface area contributed by atoms with Crippen molar-refractivity contribution in [2.45, 2.75) is 0 Å². The number of methoxy groups -OCH3 is 1. The molecular formula is C10H6F2O3. The van der Waals surface area contributed by atoms with E-state index in [1.54, 1.807) is 0 Å². The molecule has 0 spiro atoms. The summed E-state index contributed by atoms with van der Waals surface area (Å²) in [7, 11) is 1.10. The van der Waals surface area contributed by atoms with Crippen LogP contribution in [0.25, 0.3) is 0 Å². The Hall–Kier alpha value is -2.09. The molecule has 0 unspecified atom stereocenters. The van der Waals surface area contributed by atoms with E-state index in [2.05, 4.69) is 4.74 Å². The molecule has 0 bridgehead atoms. The van der Waals surface area contributed by atoms with Crippen LogP contribution in [0, 0.1) is 23.5 Å². The number of ether oxygens (including phenoxy) is 1. The Kier molecular flexibility index (Phi) is 3.24. The maximum Gasteiger partial charge on any atom is 0.384 e. The van der Waals surface area contributed by atoms with Crippen molar-refractivity contribution >= 4 is 5.97 Å². The number of carbonyl (C=O) groups excluding carboxylic acids is 1. The predicted molar refractivity (Wildman–Crippen MR) is 46.9 cm³/mol. The van der Waals surface area contributed by atoms with E-state index in [0.717, 1.165) is 7.11 Å².